The van der Waals surface area contributed by atoms with Crippen LogP contribution in [0.15, 0.2) is 24.3 Å². The molecule has 5 heteroatoms. The van der Waals surface area contributed by atoms with Gasteiger partial charge in [0.15, 0.2) is 0 Å². The Hall–Kier alpha value is -2.04. The number of amides is 2. The highest BCUT2D eigenvalue weighted by atomic mass is 16.4. The summed E-state index contributed by atoms with van der Waals surface area (Å²) in [5.41, 5.74) is 2.05. The first-order valence-electron chi connectivity index (χ1n) is 7.37. The van der Waals surface area contributed by atoms with Crippen LogP contribution in [0.4, 0.5) is 10.5 Å². The Kier molecular flexibility index (Phi) is 4.83. The van der Waals surface area contributed by atoms with Crippen LogP contribution in [-0.2, 0) is 11.2 Å². The zero-order chi connectivity index (χ0) is 15.4. The lowest BCUT2D eigenvalue weighted by Crippen LogP contribution is -2.47. The summed E-state index contributed by atoms with van der Waals surface area (Å²) >= 11 is 0. The molecule has 2 amide bonds. The first-order chi connectivity index (χ1) is 10.0. The summed E-state index contributed by atoms with van der Waals surface area (Å²) in [5.74, 6) is -1.26. The summed E-state index contributed by atoms with van der Waals surface area (Å²) < 4.78 is 0. The minimum Gasteiger partial charge on any atom is -0.481 e. The number of rotatable bonds is 3. The van der Waals surface area contributed by atoms with E-state index < -0.39 is 11.9 Å². The summed E-state index contributed by atoms with van der Waals surface area (Å²) in [4.78, 5) is 26.8. The molecule has 0 bridgehead atoms. The van der Waals surface area contributed by atoms with E-state index in [9.17, 15) is 9.59 Å². The molecule has 0 spiro atoms. The number of likely N-dealkylation sites (tertiary alicyclic amines) is 1. The van der Waals surface area contributed by atoms with Crippen molar-refractivity contribution in [2.45, 2.75) is 26.2 Å². The monoisotopic (exact) mass is 290 g/mol. The van der Waals surface area contributed by atoms with Gasteiger partial charge in [0.05, 0.1) is 5.92 Å². The van der Waals surface area contributed by atoms with Gasteiger partial charge < -0.3 is 10.0 Å². The van der Waals surface area contributed by atoms with Crippen LogP contribution >= 0.6 is 0 Å². The van der Waals surface area contributed by atoms with Gasteiger partial charge in [-0.3, -0.25) is 9.69 Å². The molecule has 0 aromatic heterocycles. The molecule has 1 heterocycles. The molecule has 1 fully saturated rings. The standard InChI is InChI=1S/C16H22N2O3/c1-3-12-6-8-14(9-7-12)17(2)16(21)18-10-4-5-13(11-18)15(19)20/h6-9,13H,3-5,10-11H2,1-2H3,(H,19,20). The van der Waals surface area contributed by atoms with Gasteiger partial charge in [0.25, 0.3) is 0 Å². The molecule has 5 nitrogen and oxygen atoms in total. The Morgan fingerprint density at radius 2 is 2.00 bits per heavy atom. The first kappa shape index (κ1) is 15.4. The van der Waals surface area contributed by atoms with Gasteiger partial charge in [-0.25, -0.2) is 4.79 Å². The number of carboxylic acid groups (broad SMARTS) is 1. The second kappa shape index (κ2) is 6.61. The minimum atomic E-state index is -0.817. The summed E-state index contributed by atoms with van der Waals surface area (Å²) in [7, 11) is 1.73. The van der Waals surface area contributed by atoms with Crippen LogP contribution in [0.1, 0.15) is 25.3 Å². The number of hydrogen-bond acceptors (Lipinski definition) is 2. The van der Waals surface area contributed by atoms with Gasteiger partial charge in [0, 0.05) is 25.8 Å². The number of carbonyl (C=O) groups excluding carboxylic acids is 1. The molecule has 0 saturated carbocycles. The Morgan fingerprint density at radius 1 is 1.33 bits per heavy atom. The lowest BCUT2D eigenvalue weighted by molar-refractivity contribution is -0.143. The van der Waals surface area contributed by atoms with E-state index in [1.165, 1.54) is 5.56 Å². The molecule has 1 saturated heterocycles. The van der Waals surface area contributed by atoms with Gasteiger partial charge in [-0.1, -0.05) is 19.1 Å². The van der Waals surface area contributed by atoms with E-state index in [1.54, 1.807) is 16.8 Å². The van der Waals surface area contributed by atoms with Crippen molar-refractivity contribution in [2.24, 2.45) is 5.92 Å². The molecular formula is C16H22N2O3. The number of urea groups is 1. The van der Waals surface area contributed by atoms with E-state index in [0.717, 1.165) is 18.5 Å². The lowest BCUT2D eigenvalue weighted by Gasteiger charge is -2.33. The highest BCUT2D eigenvalue weighted by Gasteiger charge is 2.29. The third-order valence-corrected chi connectivity index (χ3v) is 4.06. The fraction of sp³-hybridized carbons (Fsp3) is 0.500. The number of aryl methyl sites for hydroxylation is 1. The summed E-state index contributed by atoms with van der Waals surface area (Å²) in [6, 6.07) is 7.74. The van der Waals surface area contributed by atoms with Gasteiger partial charge in [0.1, 0.15) is 0 Å². The zero-order valence-corrected chi connectivity index (χ0v) is 12.6. The summed E-state index contributed by atoms with van der Waals surface area (Å²) in [5, 5.41) is 9.10. The largest absolute Gasteiger partial charge is 0.481 e. The van der Waals surface area contributed by atoms with Gasteiger partial charge in [-0.15, -0.1) is 0 Å². The molecule has 1 aromatic carbocycles. The van der Waals surface area contributed by atoms with Crippen molar-refractivity contribution in [3.63, 3.8) is 0 Å². The maximum atomic E-state index is 12.5. The lowest BCUT2D eigenvalue weighted by atomic mass is 9.98. The smallest absolute Gasteiger partial charge is 0.324 e. The van der Waals surface area contributed by atoms with Crippen LogP contribution < -0.4 is 4.90 Å². The van der Waals surface area contributed by atoms with Gasteiger partial charge in [-0.2, -0.15) is 0 Å². The molecule has 114 valence electrons. The Balaban J connectivity index is 2.05. The fourth-order valence-corrected chi connectivity index (χ4v) is 2.63. The van der Waals surface area contributed by atoms with E-state index in [1.807, 2.05) is 24.3 Å². The number of benzene rings is 1. The molecule has 1 unspecified atom stereocenters. The number of carboxylic acids is 1. The number of carbonyl (C=O) groups is 2. The van der Waals surface area contributed by atoms with E-state index in [2.05, 4.69) is 6.92 Å². The van der Waals surface area contributed by atoms with Crippen LogP contribution in [0.25, 0.3) is 0 Å². The number of hydrogen-bond donors (Lipinski definition) is 1. The van der Waals surface area contributed by atoms with Crippen LogP contribution in [0, 0.1) is 5.92 Å². The minimum absolute atomic E-state index is 0.134. The predicted octanol–water partition coefficient (Wildman–Crippen LogP) is 2.60. The number of nitrogens with zero attached hydrogens (tertiary/aromatic N) is 2. The van der Waals surface area contributed by atoms with Crippen molar-refractivity contribution in [3.8, 4) is 0 Å². The third-order valence-electron chi connectivity index (χ3n) is 4.06. The second-order valence-corrected chi connectivity index (χ2v) is 5.48. The molecule has 1 N–H and O–H groups in total. The van der Waals surface area contributed by atoms with Crippen molar-refractivity contribution < 1.29 is 14.7 Å². The topological polar surface area (TPSA) is 60.9 Å². The molecule has 2 rings (SSSR count). The van der Waals surface area contributed by atoms with E-state index in [4.69, 9.17) is 5.11 Å². The van der Waals surface area contributed by atoms with E-state index in [-0.39, 0.29) is 6.03 Å². The molecule has 0 radical (unpaired) electrons. The number of anilines is 1. The Labute approximate surface area is 125 Å². The second-order valence-electron chi connectivity index (χ2n) is 5.48. The van der Waals surface area contributed by atoms with Gasteiger partial charge >= 0.3 is 12.0 Å². The fourth-order valence-electron chi connectivity index (χ4n) is 2.63. The normalized spacial score (nSPS) is 18.4. The maximum Gasteiger partial charge on any atom is 0.324 e. The highest BCUT2D eigenvalue weighted by Crippen LogP contribution is 2.21. The third kappa shape index (κ3) is 3.54. The highest BCUT2D eigenvalue weighted by molar-refractivity contribution is 5.91. The molecule has 21 heavy (non-hydrogen) atoms. The van der Waals surface area contributed by atoms with Crippen molar-refractivity contribution >= 4 is 17.7 Å². The molecule has 1 atom stereocenters. The van der Waals surface area contributed by atoms with Crippen LogP contribution in [-0.4, -0.2) is 42.1 Å². The van der Waals surface area contributed by atoms with Crippen LogP contribution in [0.5, 0.6) is 0 Å². The molecule has 1 aliphatic heterocycles. The van der Waals surface area contributed by atoms with Crippen molar-refractivity contribution in [1.82, 2.24) is 4.90 Å². The Bertz CT molecular complexity index is 513. The molecule has 1 aliphatic rings. The average Bonchev–Trinajstić information content (AvgIpc) is 2.53. The predicted molar refractivity (Wildman–Crippen MR) is 81.6 cm³/mol. The zero-order valence-electron chi connectivity index (χ0n) is 12.6. The van der Waals surface area contributed by atoms with Gasteiger partial charge in [-0.05, 0) is 37.0 Å². The summed E-state index contributed by atoms with van der Waals surface area (Å²) in [6.45, 7) is 3.01. The summed E-state index contributed by atoms with van der Waals surface area (Å²) in [6.07, 6.45) is 2.35. The number of aliphatic carboxylic acids is 1. The first-order valence-corrected chi connectivity index (χ1v) is 7.37. The molecule has 1 aromatic rings. The van der Waals surface area contributed by atoms with Crippen molar-refractivity contribution in [2.75, 3.05) is 25.0 Å². The van der Waals surface area contributed by atoms with E-state index >= 15 is 0 Å². The number of piperidine rings is 1. The van der Waals surface area contributed by atoms with Gasteiger partial charge in [0.2, 0.25) is 0 Å². The van der Waals surface area contributed by atoms with Crippen LogP contribution in [0.3, 0.4) is 0 Å². The SMILES string of the molecule is CCc1ccc(N(C)C(=O)N2CCCC(C(=O)O)C2)cc1. The average molecular weight is 290 g/mol. The molecular weight excluding hydrogens is 268 g/mol. The van der Waals surface area contributed by atoms with Crippen molar-refractivity contribution in [3.05, 3.63) is 29.8 Å². The van der Waals surface area contributed by atoms with Crippen LogP contribution in [0.2, 0.25) is 0 Å². The van der Waals surface area contributed by atoms with Crippen molar-refractivity contribution in [1.29, 1.82) is 0 Å². The Morgan fingerprint density at radius 3 is 2.57 bits per heavy atom. The quantitative estimate of drug-likeness (QED) is 0.930. The van der Waals surface area contributed by atoms with E-state index in [0.29, 0.717) is 19.5 Å². The molecule has 0 aliphatic carbocycles. The maximum absolute atomic E-state index is 12.5.